The second kappa shape index (κ2) is 13.4. The molecule has 0 aromatic heterocycles. The van der Waals surface area contributed by atoms with Crippen molar-refractivity contribution < 1.29 is 15.0 Å². The van der Waals surface area contributed by atoms with Crippen molar-refractivity contribution in [2.24, 2.45) is 29.4 Å². The van der Waals surface area contributed by atoms with Gasteiger partial charge in [-0.2, -0.15) is 0 Å². The summed E-state index contributed by atoms with van der Waals surface area (Å²) >= 11 is 0. The molecule has 0 aliphatic heterocycles. The largest absolute Gasteiger partial charge is 0.390 e. The fraction of sp³-hybridized carbons (Fsp3) is 0.875. The maximum Gasteiger partial charge on any atom is 0.237 e. The van der Waals surface area contributed by atoms with E-state index in [1.165, 1.54) is 25.7 Å². The van der Waals surface area contributed by atoms with Gasteiger partial charge in [0.15, 0.2) is 0 Å². The van der Waals surface area contributed by atoms with E-state index in [1.54, 1.807) is 6.08 Å². The van der Waals surface area contributed by atoms with E-state index < -0.39 is 24.3 Å². The SMILES string of the molecule is C=CC[C@H](N)C(=O)N[C@@H](CC1CCC(CCC(C)C)CC1)[C@@H](O)[C@@H](O)CC(C)C. The third kappa shape index (κ3) is 10.1. The Bertz CT molecular complexity index is 473. The lowest BCUT2D eigenvalue weighted by Gasteiger charge is -2.35. The average molecular weight is 411 g/mol. The third-order valence-electron chi connectivity index (χ3n) is 6.31. The van der Waals surface area contributed by atoms with Gasteiger partial charge < -0.3 is 21.3 Å². The smallest absolute Gasteiger partial charge is 0.237 e. The van der Waals surface area contributed by atoms with Crippen molar-refractivity contribution in [1.82, 2.24) is 5.32 Å². The minimum Gasteiger partial charge on any atom is -0.390 e. The van der Waals surface area contributed by atoms with Crippen molar-refractivity contribution in [3.05, 3.63) is 12.7 Å². The van der Waals surface area contributed by atoms with Crippen LogP contribution in [0.4, 0.5) is 0 Å². The lowest BCUT2D eigenvalue weighted by atomic mass is 9.76. The summed E-state index contributed by atoms with van der Waals surface area (Å²) in [5, 5.41) is 24.2. The molecule has 1 aliphatic rings. The average Bonchev–Trinajstić information content (AvgIpc) is 2.65. The fourth-order valence-electron chi connectivity index (χ4n) is 4.43. The highest BCUT2D eigenvalue weighted by Gasteiger charge is 2.32. The lowest BCUT2D eigenvalue weighted by molar-refractivity contribution is -0.125. The Kier molecular flexibility index (Phi) is 12.1. The van der Waals surface area contributed by atoms with Crippen LogP contribution in [-0.4, -0.2) is 40.4 Å². The standard InChI is InChI=1S/C24H46N2O3/c1-6-7-20(25)24(29)26-21(23(28)22(27)14-17(4)5)15-19-12-10-18(11-13-19)9-8-16(2)3/h6,16-23,27-28H,1,7-15,25H2,2-5H3,(H,26,29)/t18?,19?,20-,21-,22-,23+/m0/s1. The number of aliphatic hydroxyl groups excluding tert-OH is 2. The molecule has 1 aliphatic carbocycles. The molecule has 1 rings (SSSR count). The molecule has 0 unspecified atom stereocenters. The number of carbonyl (C=O) groups is 1. The number of nitrogens with one attached hydrogen (secondary N) is 1. The number of hydrogen-bond acceptors (Lipinski definition) is 4. The van der Waals surface area contributed by atoms with Crippen LogP contribution in [0.5, 0.6) is 0 Å². The van der Waals surface area contributed by atoms with Crippen molar-refractivity contribution in [1.29, 1.82) is 0 Å². The van der Waals surface area contributed by atoms with Crippen molar-refractivity contribution in [2.75, 3.05) is 0 Å². The first-order chi connectivity index (χ1) is 13.6. The summed E-state index contributed by atoms with van der Waals surface area (Å²) in [5.41, 5.74) is 5.91. The first kappa shape index (κ1) is 26.1. The number of nitrogens with two attached hydrogens (primary N) is 1. The molecule has 5 nitrogen and oxygen atoms in total. The molecule has 0 spiro atoms. The Hall–Kier alpha value is -0.910. The van der Waals surface area contributed by atoms with Crippen LogP contribution in [0.25, 0.3) is 0 Å². The van der Waals surface area contributed by atoms with Gasteiger partial charge in [0.25, 0.3) is 0 Å². The molecule has 1 fully saturated rings. The molecular weight excluding hydrogens is 364 g/mol. The maximum absolute atomic E-state index is 12.5. The number of amides is 1. The molecule has 5 heteroatoms. The van der Waals surface area contributed by atoms with E-state index in [1.807, 2.05) is 13.8 Å². The van der Waals surface area contributed by atoms with Crippen LogP contribution in [-0.2, 0) is 4.79 Å². The molecule has 170 valence electrons. The molecule has 29 heavy (non-hydrogen) atoms. The Morgan fingerprint density at radius 3 is 2.21 bits per heavy atom. The van der Waals surface area contributed by atoms with E-state index in [0.717, 1.165) is 24.7 Å². The van der Waals surface area contributed by atoms with Gasteiger partial charge in [-0.1, -0.05) is 72.3 Å². The molecule has 1 amide bonds. The molecular formula is C24H46N2O3. The molecule has 0 saturated heterocycles. The van der Waals surface area contributed by atoms with Crippen molar-refractivity contribution in [2.45, 2.75) is 110 Å². The summed E-state index contributed by atoms with van der Waals surface area (Å²) in [6.07, 6.45) is 8.68. The first-order valence-corrected chi connectivity index (χ1v) is 11.7. The van der Waals surface area contributed by atoms with Crippen LogP contribution >= 0.6 is 0 Å². The zero-order valence-corrected chi connectivity index (χ0v) is 19.1. The van der Waals surface area contributed by atoms with E-state index in [4.69, 9.17) is 5.73 Å². The summed E-state index contributed by atoms with van der Waals surface area (Å²) in [6, 6.07) is -1.14. The molecule has 1 saturated carbocycles. The predicted molar refractivity (Wildman–Crippen MR) is 120 cm³/mol. The highest BCUT2D eigenvalue weighted by Crippen LogP contribution is 2.35. The minimum atomic E-state index is -0.976. The molecule has 0 radical (unpaired) electrons. The first-order valence-electron chi connectivity index (χ1n) is 11.7. The van der Waals surface area contributed by atoms with Gasteiger partial charge in [0, 0.05) is 0 Å². The Labute approximate surface area is 178 Å². The molecule has 4 atom stereocenters. The van der Waals surface area contributed by atoms with Gasteiger partial charge >= 0.3 is 0 Å². The second-order valence-electron chi connectivity index (χ2n) is 10.0. The van der Waals surface area contributed by atoms with Gasteiger partial charge in [-0.05, 0) is 42.9 Å². The summed E-state index contributed by atoms with van der Waals surface area (Å²) in [4.78, 5) is 12.5. The van der Waals surface area contributed by atoms with Crippen LogP contribution in [0.3, 0.4) is 0 Å². The summed E-state index contributed by atoms with van der Waals surface area (Å²) in [7, 11) is 0. The number of hydrogen-bond donors (Lipinski definition) is 4. The van der Waals surface area contributed by atoms with Crippen molar-refractivity contribution >= 4 is 5.91 Å². The summed E-state index contributed by atoms with van der Waals surface area (Å²) in [5.74, 6) is 2.02. The van der Waals surface area contributed by atoms with Crippen LogP contribution in [0.15, 0.2) is 12.7 Å². The zero-order valence-electron chi connectivity index (χ0n) is 19.1. The van der Waals surface area contributed by atoms with E-state index >= 15 is 0 Å². The second-order valence-corrected chi connectivity index (χ2v) is 10.0. The van der Waals surface area contributed by atoms with Crippen molar-refractivity contribution in [3.63, 3.8) is 0 Å². The lowest BCUT2D eigenvalue weighted by Crippen LogP contribution is -2.53. The number of aliphatic hydroxyl groups is 2. The number of carbonyl (C=O) groups excluding carboxylic acids is 1. The third-order valence-corrected chi connectivity index (χ3v) is 6.31. The molecule has 0 aromatic carbocycles. The van der Waals surface area contributed by atoms with E-state index in [0.29, 0.717) is 25.2 Å². The summed E-state index contributed by atoms with van der Waals surface area (Å²) < 4.78 is 0. The Morgan fingerprint density at radius 1 is 1.10 bits per heavy atom. The van der Waals surface area contributed by atoms with Gasteiger partial charge in [-0.3, -0.25) is 4.79 Å². The van der Waals surface area contributed by atoms with Crippen LogP contribution in [0, 0.1) is 23.7 Å². The van der Waals surface area contributed by atoms with Gasteiger partial charge in [0.05, 0.1) is 18.2 Å². The molecule has 0 heterocycles. The normalized spacial score (nSPS) is 24.2. The highest BCUT2D eigenvalue weighted by molar-refractivity contribution is 5.82. The van der Waals surface area contributed by atoms with Crippen LogP contribution < -0.4 is 11.1 Å². The van der Waals surface area contributed by atoms with Gasteiger partial charge in [-0.25, -0.2) is 0 Å². The molecule has 5 N–H and O–H groups in total. The van der Waals surface area contributed by atoms with E-state index in [9.17, 15) is 15.0 Å². The zero-order chi connectivity index (χ0) is 22.0. The highest BCUT2D eigenvalue weighted by atomic mass is 16.3. The van der Waals surface area contributed by atoms with Crippen molar-refractivity contribution in [3.8, 4) is 0 Å². The monoisotopic (exact) mass is 410 g/mol. The minimum absolute atomic E-state index is 0.274. The van der Waals surface area contributed by atoms with E-state index in [-0.39, 0.29) is 11.8 Å². The molecule has 0 aromatic rings. The van der Waals surface area contributed by atoms with Gasteiger partial charge in [0.1, 0.15) is 6.10 Å². The summed E-state index contributed by atoms with van der Waals surface area (Å²) in [6.45, 7) is 12.2. The quantitative estimate of drug-likeness (QED) is 0.348. The Balaban J connectivity index is 2.68. The Morgan fingerprint density at radius 2 is 1.69 bits per heavy atom. The topological polar surface area (TPSA) is 95.6 Å². The number of rotatable bonds is 13. The van der Waals surface area contributed by atoms with Gasteiger partial charge in [-0.15, -0.1) is 6.58 Å². The predicted octanol–water partition coefficient (Wildman–Crippen LogP) is 3.78. The van der Waals surface area contributed by atoms with E-state index in [2.05, 4.69) is 25.7 Å². The molecule has 0 bridgehead atoms. The van der Waals surface area contributed by atoms with Gasteiger partial charge in [0.2, 0.25) is 5.91 Å². The maximum atomic E-state index is 12.5. The fourth-order valence-corrected chi connectivity index (χ4v) is 4.43. The van der Waals surface area contributed by atoms with Crippen LogP contribution in [0.1, 0.15) is 85.5 Å². The van der Waals surface area contributed by atoms with Crippen LogP contribution in [0.2, 0.25) is 0 Å².